The molecule has 0 aliphatic carbocycles. The lowest BCUT2D eigenvalue weighted by Crippen LogP contribution is -2.64. The number of hydrogen-bond donors (Lipinski definition) is 18. The third-order valence-corrected chi connectivity index (χ3v) is 20.8. The molecule has 0 aromatic carbocycles. The maximum absolute atomic E-state index is 12.0. The van der Waals surface area contributed by atoms with Crippen LogP contribution in [0.4, 0.5) is 0 Å². The van der Waals surface area contributed by atoms with Crippen molar-refractivity contribution in [3.63, 3.8) is 0 Å². The van der Waals surface area contributed by atoms with E-state index in [0.717, 1.165) is 93.4 Å². The first-order valence-corrected chi connectivity index (χ1v) is 45.3. The van der Waals surface area contributed by atoms with Crippen molar-refractivity contribution >= 4 is 29.5 Å². The Morgan fingerprint density at radius 2 is 0.831 bits per heavy atom. The molecule has 21 atom stereocenters. The van der Waals surface area contributed by atoms with Crippen molar-refractivity contribution < 1.29 is 128 Å². The molecule has 42 nitrogen and oxygen atoms in total. The maximum atomic E-state index is 12.0. The van der Waals surface area contributed by atoms with Crippen LogP contribution in [0.3, 0.4) is 0 Å². The molecule has 716 valence electrons. The molecular weight excluding hydrogens is 1640 g/mol. The SMILES string of the molecule is CC(=O)N[C@H]1[C@H](OCCCCCn2cc(CN(CCCCC(N(Cc3cn(CCCCCO[C@@H]4O[C@H](CO)[C@H](O)[C@H](O)[C@H]4C)nn3)Cc3c[n+](CCCCCO[C@@H]4O[C@H](CO)[C@H](O)[C@H](O)[C@H]4NC(C)=O)[nH]n3)C(C)(C)C)Cc3c[n+](CCCCCO[C@@H]4O[C@H](CO)[C@H](O)[C@H](O)[C@H]4NC(C)=O)[nH]n3)nn2)O[C@H](CO)[C@H](O)[C@@H]1O.CCC.CNC.COC.CSC. The van der Waals surface area contributed by atoms with Gasteiger partial charge in [0.2, 0.25) is 29.1 Å². The normalized spacial score (nSPS) is 26.6. The number of aliphatic hydroxyl groups excluding tert-OH is 12. The summed E-state index contributed by atoms with van der Waals surface area (Å²) in [7, 11) is 7.00. The number of ether oxygens (including phenoxy) is 9. The van der Waals surface area contributed by atoms with E-state index in [9.17, 15) is 75.7 Å². The number of amides is 3. The first-order valence-electron chi connectivity index (χ1n) is 43.6. The minimum Gasteiger partial charge on any atom is -0.394 e. The van der Waals surface area contributed by atoms with Crippen LogP contribution in [-0.4, -0.2) is 362 Å². The van der Waals surface area contributed by atoms with Crippen molar-refractivity contribution in [2.24, 2.45) is 11.3 Å². The van der Waals surface area contributed by atoms with Crippen LogP contribution >= 0.6 is 11.8 Å². The lowest BCUT2D eigenvalue weighted by Gasteiger charge is -2.42. The Hall–Kier alpha value is -5.64. The number of H-pyrrole nitrogens is 2. The summed E-state index contributed by atoms with van der Waals surface area (Å²) in [6.45, 7) is 20.6. The van der Waals surface area contributed by atoms with Gasteiger partial charge in [0, 0.05) is 122 Å². The van der Waals surface area contributed by atoms with Crippen molar-refractivity contribution in [1.29, 1.82) is 0 Å². The molecule has 18 N–H and O–H groups in total. The molecule has 0 saturated carbocycles. The standard InChI is InChI=1S/C72H125N17O23.C3H8.C2H7N.C2H6O.C2H6S/c1-44-60(97)61(98)52(40-90)109-68(44)105-28-18-8-13-26-88-38-50(78-82-88)34-85(35-51-39-89(83-79-51)27-16-11-21-31-108-71-59(75-47(4)96)67(104)64(101)55(43-93)112-71)56(72(5,6)7)22-12-17-23-84(32-48-36-86(80-76-48)24-14-9-19-29-106-69-57(73-45(2)94)65(102)62(99)53(41-91)110-69)33-49-37-87(81-77-49)25-15-10-20-30-107-70-58(74-46(3)95)66(103)63(100)54(42-92)111-70;4*1-3-2/h36-39,44,52-71,90-93,97-104H,8-35,40-43H2,1-7H3,(H3,73,74,75,94,95,96);3H2,1-2H3;3H,1-2H3;2*1-2H3/p+2/t44-,52-,53-,54-,55-,56?,57-,58-,59-,60-,61+,62+,63+,64+,65-,66-,67-,68-,69-,70-,71-;;;;/m1..../s1. The van der Waals surface area contributed by atoms with Gasteiger partial charge < -0.3 is 125 Å². The Balaban J connectivity index is 0.00000254. The van der Waals surface area contributed by atoms with E-state index < -0.39 is 167 Å². The molecule has 4 aromatic rings. The predicted octanol–water partition coefficient (Wildman–Crippen LogP) is -1.67. The second-order valence-corrected chi connectivity index (χ2v) is 33.9. The summed E-state index contributed by atoms with van der Waals surface area (Å²) >= 11 is 1.75. The number of aromatic nitrogens is 12. The second kappa shape index (κ2) is 61.0. The molecule has 0 bridgehead atoms. The summed E-state index contributed by atoms with van der Waals surface area (Å²) < 4.78 is 58.5. The number of nitrogens with one attached hydrogen (secondary N) is 6. The van der Waals surface area contributed by atoms with Crippen molar-refractivity contribution in [2.75, 3.05) is 100 Å². The van der Waals surface area contributed by atoms with Gasteiger partial charge in [-0.3, -0.25) is 33.5 Å². The van der Waals surface area contributed by atoms with Crippen LogP contribution in [0, 0.1) is 11.3 Å². The van der Waals surface area contributed by atoms with Crippen molar-refractivity contribution in [1.82, 2.24) is 81.7 Å². The van der Waals surface area contributed by atoms with Crippen molar-refractivity contribution in [3.8, 4) is 0 Å². The molecule has 4 saturated heterocycles. The van der Waals surface area contributed by atoms with Gasteiger partial charge >= 0.3 is 0 Å². The molecule has 0 radical (unpaired) electrons. The van der Waals surface area contributed by atoms with Gasteiger partial charge in [0.25, 0.3) is 0 Å². The quantitative estimate of drug-likeness (QED) is 0.0174. The van der Waals surface area contributed by atoms with Gasteiger partial charge in [-0.1, -0.05) is 75.2 Å². The van der Waals surface area contributed by atoms with Crippen LogP contribution < -0.4 is 30.6 Å². The van der Waals surface area contributed by atoms with Gasteiger partial charge in [-0.25, -0.2) is 0 Å². The Morgan fingerprint density at radius 1 is 0.508 bits per heavy atom. The van der Waals surface area contributed by atoms with E-state index in [4.69, 9.17) is 48.1 Å². The highest BCUT2D eigenvalue weighted by Crippen LogP contribution is 2.33. The Morgan fingerprint density at radius 3 is 1.19 bits per heavy atom. The highest BCUT2D eigenvalue weighted by molar-refractivity contribution is 7.97. The Labute approximate surface area is 734 Å². The van der Waals surface area contributed by atoms with Crippen molar-refractivity contribution in [2.45, 2.75) is 340 Å². The summed E-state index contributed by atoms with van der Waals surface area (Å²) in [6.07, 6.45) is 5.45. The maximum Gasteiger partial charge on any atom is 0.232 e. The van der Waals surface area contributed by atoms with E-state index in [2.05, 4.69) is 101 Å². The molecule has 1 unspecified atom stereocenters. The average molecular weight is 1800 g/mol. The Kier molecular flexibility index (Phi) is 54.5. The van der Waals surface area contributed by atoms with E-state index in [0.29, 0.717) is 91.2 Å². The molecule has 4 aromatic heterocycles. The monoisotopic (exact) mass is 1800 g/mol. The number of methoxy groups -OCH3 is 1. The first-order chi connectivity index (χ1) is 59.3. The van der Waals surface area contributed by atoms with Crippen LogP contribution in [0.1, 0.15) is 188 Å². The fourth-order valence-electron chi connectivity index (χ4n) is 14.6. The topological polar surface area (TPSA) is 558 Å². The average Bonchev–Trinajstić information content (AvgIpc) is 1.21. The lowest BCUT2D eigenvalue weighted by molar-refractivity contribution is -0.754. The molecule has 8 heterocycles. The first kappa shape index (κ1) is 111. The molecule has 4 aliphatic heterocycles. The van der Waals surface area contributed by atoms with Gasteiger partial charge in [0.1, 0.15) is 98.4 Å². The van der Waals surface area contributed by atoms with Gasteiger partial charge in [0.05, 0.1) is 57.0 Å². The number of aromatic amines is 2. The second-order valence-electron chi connectivity index (χ2n) is 33.1. The van der Waals surface area contributed by atoms with Crippen LogP contribution in [0.5, 0.6) is 0 Å². The highest BCUT2D eigenvalue weighted by Gasteiger charge is 2.49. The zero-order valence-corrected chi connectivity index (χ0v) is 76.6. The summed E-state index contributed by atoms with van der Waals surface area (Å²) in [4.78, 5) is 40.6. The summed E-state index contributed by atoms with van der Waals surface area (Å²) in [5.74, 6) is -1.79. The molecule has 8 rings (SSSR count). The zero-order valence-electron chi connectivity index (χ0n) is 75.8. The molecule has 4 aliphatic rings. The molecule has 124 heavy (non-hydrogen) atoms. The largest absolute Gasteiger partial charge is 0.394 e. The van der Waals surface area contributed by atoms with E-state index in [-0.39, 0.29) is 31.3 Å². The number of carbonyl (C=O) groups excluding carboxylic acids is 3. The predicted molar refractivity (Wildman–Crippen MR) is 454 cm³/mol. The minimum absolute atomic E-state index is 0.0199. The number of unbranched alkanes of at least 4 members (excludes halogenated alkanes) is 9. The summed E-state index contributed by atoms with van der Waals surface area (Å²) in [5, 5.41) is 168. The van der Waals surface area contributed by atoms with Gasteiger partial charge in [0.15, 0.2) is 37.6 Å². The number of rotatable bonds is 49. The van der Waals surface area contributed by atoms with E-state index in [1.165, 1.54) is 27.2 Å². The molecular formula is C81H154N18O24S+2. The van der Waals surface area contributed by atoms with Gasteiger partial charge in [-0.15, -0.1) is 10.2 Å². The fraction of sp³-hybridized carbons (Fsp3) is 0.864. The third-order valence-electron chi connectivity index (χ3n) is 20.8. The molecule has 0 spiro atoms. The highest BCUT2D eigenvalue weighted by atomic mass is 32.2. The van der Waals surface area contributed by atoms with Crippen LogP contribution in [0.25, 0.3) is 0 Å². The Bertz CT molecular complexity index is 3330. The molecule has 3 amide bonds. The third kappa shape index (κ3) is 39.0. The van der Waals surface area contributed by atoms with Crippen LogP contribution in [0.2, 0.25) is 0 Å². The van der Waals surface area contributed by atoms with Crippen molar-refractivity contribution in [3.05, 3.63) is 47.6 Å². The number of nitrogens with zero attached hydrogens (tertiary/aromatic N) is 12. The van der Waals surface area contributed by atoms with E-state index >= 15 is 0 Å². The number of hydrogen-bond acceptors (Lipinski definition) is 34. The number of thioether (sulfide) groups is 1. The molecule has 4 fully saturated rings. The van der Waals surface area contributed by atoms with E-state index in [1.54, 1.807) is 32.9 Å². The fourth-order valence-corrected chi connectivity index (χ4v) is 14.6. The smallest absolute Gasteiger partial charge is 0.232 e. The zero-order chi connectivity index (χ0) is 91.8. The summed E-state index contributed by atoms with van der Waals surface area (Å²) in [6, 6.07) is -3.06. The number of aryl methyl sites for hydroxylation is 4. The minimum atomic E-state index is -1.41. The number of aliphatic hydroxyl groups is 12. The lowest BCUT2D eigenvalue weighted by atomic mass is 9.82. The summed E-state index contributed by atoms with van der Waals surface area (Å²) in [5.41, 5.74) is 2.95. The van der Waals surface area contributed by atoms with Gasteiger partial charge in [-0.05, 0) is 128 Å². The van der Waals surface area contributed by atoms with Crippen LogP contribution in [-0.2, 0) is 109 Å². The van der Waals surface area contributed by atoms with Crippen LogP contribution in [0.15, 0.2) is 24.8 Å². The number of carbonyl (C=O) groups is 3. The van der Waals surface area contributed by atoms with Gasteiger partial charge in [-0.2, -0.15) is 21.1 Å². The molecule has 43 heteroatoms. The van der Waals surface area contributed by atoms with E-state index in [1.807, 2.05) is 70.1 Å².